The van der Waals surface area contributed by atoms with Gasteiger partial charge in [0.05, 0.1) is 6.61 Å². The highest BCUT2D eigenvalue weighted by atomic mass is 16.6. The number of ketones is 1. The molecule has 1 aliphatic heterocycles. The van der Waals surface area contributed by atoms with Crippen LogP contribution < -0.4 is 10.6 Å². The summed E-state index contributed by atoms with van der Waals surface area (Å²) in [6.45, 7) is 2.44. The molecule has 1 atom stereocenters. The Bertz CT molecular complexity index is 485. The van der Waals surface area contributed by atoms with Gasteiger partial charge in [-0.1, -0.05) is 12.1 Å². The van der Waals surface area contributed by atoms with Gasteiger partial charge in [-0.05, 0) is 32.0 Å². The lowest BCUT2D eigenvalue weighted by Crippen LogP contribution is -2.46. The number of hydrogen-bond donors (Lipinski definition) is 1. The summed E-state index contributed by atoms with van der Waals surface area (Å²) in [5.41, 5.74) is 6.87. The standard InChI is InChI=1S/C14H18N2O3/c1-10(17)11-3-2-4-13(9-11)16-12(5-7-15)6-8-19-14(16)18/h2-4,9,12H,5-8,15H2,1H3. The molecular weight excluding hydrogens is 244 g/mol. The highest BCUT2D eigenvalue weighted by Crippen LogP contribution is 2.25. The van der Waals surface area contributed by atoms with Crippen LogP contribution in [0.5, 0.6) is 0 Å². The first-order valence-corrected chi connectivity index (χ1v) is 6.40. The molecule has 1 unspecified atom stereocenters. The Kier molecular flexibility index (Phi) is 4.16. The highest BCUT2D eigenvalue weighted by Gasteiger charge is 2.30. The van der Waals surface area contributed by atoms with Gasteiger partial charge >= 0.3 is 6.09 Å². The number of amides is 1. The molecule has 2 rings (SSSR count). The smallest absolute Gasteiger partial charge is 0.414 e. The number of carbonyl (C=O) groups is 2. The minimum absolute atomic E-state index is 0.0254. The number of nitrogens with two attached hydrogens (primary N) is 1. The molecule has 0 aromatic heterocycles. The molecule has 0 saturated carbocycles. The molecule has 1 aliphatic rings. The van der Waals surface area contributed by atoms with Gasteiger partial charge in [-0.15, -0.1) is 0 Å². The Morgan fingerprint density at radius 2 is 2.32 bits per heavy atom. The predicted octanol–water partition coefficient (Wildman–Crippen LogP) is 1.95. The largest absolute Gasteiger partial charge is 0.449 e. The SMILES string of the molecule is CC(=O)c1cccc(N2C(=O)OCCC2CCN)c1. The summed E-state index contributed by atoms with van der Waals surface area (Å²) in [6, 6.07) is 7.07. The van der Waals surface area contributed by atoms with Crippen LogP contribution in [0, 0.1) is 0 Å². The van der Waals surface area contributed by atoms with Gasteiger partial charge in [0, 0.05) is 23.7 Å². The fourth-order valence-electron chi connectivity index (χ4n) is 2.29. The summed E-state index contributed by atoms with van der Waals surface area (Å²) < 4.78 is 5.08. The van der Waals surface area contributed by atoms with Crippen molar-refractivity contribution in [3.63, 3.8) is 0 Å². The van der Waals surface area contributed by atoms with Crippen LogP contribution in [0.3, 0.4) is 0 Å². The summed E-state index contributed by atoms with van der Waals surface area (Å²) in [4.78, 5) is 25.0. The maximum Gasteiger partial charge on any atom is 0.414 e. The maximum absolute atomic E-state index is 11.9. The monoisotopic (exact) mass is 262 g/mol. The summed E-state index contributed by atoms with van der Waals surface area (Å²) in [5, 5.41) is 0. The van der Waals surface area contributed by atoms with E-state index in [0.717, 1.165) is 12.8 Å². The lowest BCUT2D eigenvalue weighted by atomic mass is 10.1. The molecule has 2 N–H and O–H groups in total. The Labute approximate surface area is 112 Å². The number of hydrogen-bond acceptors (Lipinski definition) is 4. The van der Waals surface area contributed by atoms with Crippen LogP contribution in [0.15, 0.2) is 24.3 Å². The van der Waals surface area contributed by atoms with Gasteiger partial charge < -0.3 is 10.5 Å². The fraction of sp³-hybridized carbons (Fsp3) is 0.429. The van der Waals surface area contributed by atoms with Crippen LogP contribution >= 0.6 is 0 Å². The van der Waals surface area contributed by atoms with Crippen LogP contribution in [-0.4, -0.2) is 31.1 Å². The Morgan fingerprint density at radius 1 is 1.53 bits per heavy atom. The molecule has 5 nitrogen and oxygen atoms in total. The van der Waals surface area contributed by atoms with E-state index in [0.29, 0.717) is 24.4 Å². The molecule has 5 heteroatoms. The molecule has 0 radical (unpaired) electrons. The zero-order chi connectivity index (χ0) is 13.8. The van der Waals surface area contributed by atoms with Gasteiger partial charge in [-0.25, -0.2) is 4.79 Å². The van der Waals surface area contributed by atoms with Gasteiger partial charge in [0.15, 0.2) is 5.78 Å². The fourth-order valence-corrected chi connectivity index (χ4v) is 2.29. The first kappa shape index (κ1) is 13.5. The molecular formula is C14H18N2O3. The minimum atomic E-state index is -0.370. The average Bonchev–Trinajstić information content (AvgIpc) is 2.39. The van der Waals surface area contributed by atoms with Crippen molar-refractivity contribution in [2.75, 3.05) is 18.1 Å². The second kappa shape index (κ2) is 5.84. The summed E-state index contributed by atoms with van der Waals surface area (Å²) in [7, 11) is 0. The highest BCUT2D eigenvalue weighted by molar-refractivity contribution is 5.96. The summed E-state index contributed by atoms with van der Waals surface area (Å²) in [5.74, 6) is -0.0254. The number of anilines is 1. The van der Waals surface area contributed by atoms with Gasteiger partial charge in [0.1, 0.15) is 0 Å². The van der Waals surface area contributed by atoms with Gasteiger partial charge in [-0.2, -0.15) is 0 Å². The van der Waals surface area contributed by atoms with Crippen LogP contribution in [0.4, 0.5) is 10.5 Å². The lowest BCUT2D eigenvalue weighted by molar-refractivity contribution is 0.101. The molecule has 19 heavy (non-hydrogen) atoms. The maximum atomic E-state index is 11.9. The number of benzene rings is 1. The van der Waals surface area contributed by atoms with E-state index in [2.05, 4.69) is 0 Å². The van der Waals surface area contributed by atoms with E-state index in [-0.39, 0.29) is 17.9 Å². The van der Waals surface area contributed by atoms with Crippen molar-refractivity contribution < 1.29 is 14.3 Å². The van der Waals surface area contributed by atoms with Crippen molar-refractivity contribution in [3.8, 4) is 0 Å². The number of cyclic esters (lactones) is 1. The zero-order valence-electron chi connectivity index (χ0n) is 11.0. The second-order valence-electron chi connectivity index (χ2n) is 4.61. The zero-order valence-corrected chi connectivity index (χ0v) is 11.0. The van der Waals surface area contributed by atoms with Crippen molar-refractivity contribution in [3.05, 3.63) is 29.8 Å². The van der Waals surface area contributed by atoms with Crippen molar-refractivity contribution in [2.45, 2.75) is 25.8 Å². The molecule has 1 aromatic rings. The van der Waals surface area contributed by atoms with Gasteiger partial charge in [0.25, 0.3) is 0 Å². The average molecular weight is 262 g/mol. The molecule has 1 saturated heterocycles. The summed E-state index contributed by atoms with van der Waals surface area (Å²) in [6.07, 6.45) is 1.11. The van der Waals surface area contributed by atoms with E-state index >= 15 is 0 Å². The molecule has 0 bridgehead atoms. The van der Waals surface area contributed by atoms with Crippen LogP contribution in [0.1, 0.15) is 30.1 Å². The van der Waals surface area contributed by atoms with Gasteiger partial charge in [-0.3, -0.25) is 9.69 Å². The van der Waals surface area contributed by atoms with Crippen LogP contribution in [-0.2, 0) is 4.74 Å². The Hall–Kier alpha value is -1.88. The van der Waals surface area contributed by atoms with E-state index in [4.69, 9.17) is 10.5 Å². The number of rotatable bonds is 4. The topological polar surface area (TPSA) is 72.6 Å². The predicted molar refractivity (Wildman–Crippen MR) is 72.3 cm³/mol. The second-order valence-corrected chi connectivity index (χ2v) is 4.61. The normalized spacial score (nSPS) is 19.2. The number of carbonyl (C=O) groups excluding carboxylic acids is 2. The third-order valence-electron chi connectivity index (χ3n) is 3.27. The lowest BCUT2D eigenvalue weighted by Gasteiger charge is -2.35. The Morgan fingerprint density at radius 3 is 3.00 bits per heavy atom. The van der Waals surface area contributed by atoms with Crippen molar-refractivity contribution in [1.82, 2.24) is 0 Å². The van der Waals surface area contributed by atoms with E-state index in [1.807, 2.05) is 6.07 Å². The number of nitrogens with zero attached hydrogens (tertiary/aromatic N) is 1. The van der Waals surface area contributed by atoms with E-state index in [1.165, 1.54) is 6.92 Å². The van der Waals surface area contributed by atoms with E-state index in [1.54, 1.807) is 23.1 Å². The molecule has 1 aromatic carbocycles. The minimum Gasteiger partial charge on any atom is -0.449 e. The van der Waals surface area contributed by atoms with Crippen molar-refractivity contribution in [2.24, 2.45) is 5.73 Å². The van der Waals surface area contributed by atoms with Crippen LogP contribution in [0.2, 0.25) is 0 Å². The molecule has 1 fully saturated rings. The molecule has 0 aliphatic carbocycles. The molecule has 102 valence electrons. The first-order chi connectivity index (χ1) is 9.13. The van der Waals surface area contributed by atoms with Crippen molar-refractivity contribution in [1.29, 1.82) is 0 Å². The number of Topliss-reactive ketones (excluding diaryl/α,β-unsaturated/α-hetero) is 1. The first-order valence-electron chi connectivity index (χ1n) is 6.40. The molecule has 1 amide bonds. The third kappa shape index (κ3) is 2.93. The third-order valence-corrected chi connectivity index (χ3v) is 3.27. The molecule has 1 heterocycles. The van der Waals surface area contributed by atoms with E-state index in [9.17, 15) is 9.59 Å². The van der Waals surface area contributed by atoms with Crippen molar-refractivity contribution >= 4 is 17.6 Å². The molecule has 0 spiro atoms. The summed E-state index contributed by atoms with van der Waals surface area (Å²) >= 11 is 0. The van der Waals surface area contributed by atoms with Crippen LogP contribution in [0.25, 0.3) is 0 Å². The number of ether oxygens (including phenoxy) is 1. The van der Waals surface area contributed by atoms with E-state index < -0.39 is 0 Å². The Balaban J connectivity index is 2.32. The van der Waals surface area contributed by atoms with Gasteiger partial charge in [0.2, 0.25) is 0 Å². The quantitative estimate of drug-likeness (QED) is 0.842.